The molecule has 0 aliphatic heterocycles. The number of hydrogen-bond donors (Lipinski definition) is 4. The molecule has 0 bridgehead atoms. The van der Waals surface area contributed by atoms with Gasteiger partial charge in [-0.05, 0) is 12.1 Å². The fourth-order valence-electron chi connectivity index (χ4n) is 0.902. The Morgan fingerprint density at radius 3 is 2.79 bits per heavy atom. The largest absolute Gasteiger partial charge is 0.504 e. The van der Waals surface area contributed by atoms with Crippen LogP contribution < -0.4 is 21.3 Å². The molecule has 0 spiro atoms. The van der Waals surface area contributed by atoms with Gasteiger partial charge in [0.1, 0.15) is 0 Å². The third-order valence-corrected chi connectivity index (χ3v) is 1.51. The van der Waals surface area contributed by atoms with Crippen molar-refractivity contribution in [2.75, 3.05) is 12.5 Å². The number of carbonyl (C=O) groups excluding carboxylic acids is 1. The highest BCUT2D eigenvalue weighted by molar-refractivity contribution is 5.73. The fraction of sp³-hybridized carbons (Fsp3) is 0.125. The quantitative estimate of drug-likeness (QED) is 0.527. The lowest BCUT2D eigenvalue weighted by Gasteiger charge is -2.08. The van der Waals surface area contributed by atoms with Crippen LogP contribution in [0.1, 0.15) is 0 Å². The van der Waals surface area contributed by atoms with Gasteiger partial charge >= 0.3 is 6.03 Å². The van der Waals surface area contributed by atoms with Crippen molar-refractivity contribution in [3.8, 4) is 11.5 Å². The number of ether oxygens (including phenoxy) is 1. The number of hydrazine groups is 1. The van der Waals surface area contributed by atoms with Crippen LogP contribution in [0.5, 0.6) is 11.5 Å². The van der Waals surface area contributed by atoms with Gasteiger partial charge in [0, 0.05) is 6.07 Å². The molecule has 0 aromatic heterocycles. The molecule has 0 saturated heterocycles. The molecule has 6 nitrogen and oxygen atoms in total. The second-order valence-electron chi connectivity index (χ2n) is 2.50. The standard InChI is InChI=1S/C8H11N3O3/c1-14-7-3-2-5(4-6(7)12)10-11-8(9)13/h2-4,10,12H,1H3,(H3,9,11,13). The molecule has 5 N–H and O–H groups in total. The van der Waals surface area contributed by atoms with Crippen LogP contribution in [0.15, 0.2) is 18.2 Å². The zero-order valence-corrected chi connectivity index (χ0v) is 7.57. The summed E-state index contributed by atoms with van der Waals surface area (Å²) in [7, 11) is 1.45. The second kappa shape index (κ2) is 4.22. The van der Waals surface area contributed by atoms with Crippen molar-refractivity contribution in [2.24, 2.45) is 5.73 Å². The highest BCUT2D eigenvalue weighted by atomic mass is 16.5. The van der Waals surface area contributed by atoms with Crippen molar-refractivity contribution in [1.29, 1.82) is 0 Å². The number of phenolic OH excluding ortho intramolecular Hbond substituents is 1. The molecule has 76 valence electrons. The predicted octanol–water partition coefficient (Wildman–Crippen LogP) is 0.396. The Morgan fingerprint density at radius 1 is 1.57 bits per heavy atom. The number of anilines is 1. The molecule has 1 aromatic rings. The number of urea groups is 1. The Hall–Kier alpha value is -2.11. The number of nitrogens with two attached hydrogens (primary N) is 1. The number of hydrogen-bond acceptors (Lipinski definition) is 4. The first-order valence-corrected chi connectivity index (χ1v) is 3.82. The average Bonchev–Trinajstić information content (AvgIpc) is 2.15. The minimum Gasteiger partial charge on any atom is -0.504 e. The van der Waals surface area contributed by atoms with Gasteiger partial charge in [-0.25, -0.2) is 4.79 Å². The van der Waals surface area contributed by atoms with Gasteiger partial charge in [-0.2, -0.15) is 0 Å². The number of benzene rings is 1. The first kappa shape index (κ1) is 9.97. The van der Waals surface area contributed by atoms with Gasteiger partial charge in [0.2, 0.25) is 0 Å². The van der Waals surface area contributed by atoms with Gasteiger partial charge in [-0.3, -0.25) is 10.9 Å². The van der Waals surface area contributed by atoms with E-state index in [1.807, 2.05) is 0 Å². The Morgan fingerprint density at radius 2 is 2.29 bits per heavy atom. The number of carbonyl (C=O) groups is 1. The number of phenols is 1. The third-order valence-electron chi connectivity index (χ3n) is 1.51. The minimum absolute atomic E-state index is 0.0243. The van der Waals surface area contributed by atoms with Crippen molar-refractivity contribution < 1.29 is 14.6 Å². The van der Waals surface area contributed by atoms with Gasteiger partial charge in [0.25, 0.3) is 0 Å². The van der Waals surface area contributed by atoms with E-state index in [1.54, 1.807) is 12.1 Å². The molecule has 0 fully saturated rings. The third kappa shape index (κ3) is 2.44. The Balaban J connectivity index is 2.71. The Bertz CT molecular complexity index is 341. The molecule has 6 heteroatoms. The van der Waals surface area contributed by atoms with E-state index in [1.165, 1.54) is 13.2 Å². The molecule has 2 amide bonds. The fourth-order valence-corrected chi connectivity index (χ4v) is 0.902. The van der Waals surface area contributed by atoms with Crippen molar-refractivity contribution in [3.63, 3.8) is 0 Å². The van der Waals surface area contributed by atoms with Crippen LogP contribution in [0.2, 0.25) is 0 Å². The number of amides is 2. The van der Waals surface area contributed by atoms with Gasteiger partial charge in [-0.1, -0.05) is 0 Å². The van der Waals surface area contributed by atoms with Crippen LogP contribution in [0.25, 0.3) is 0 Å². The average molecular weight is 197 g/mol. The predicted molar refractivity (Wildman–Crippen MR) is 51.0 cm³/mol. The van der Waals surface area contributed by atoms with E-state index in [9.17, 15) is 9.90 Å². The topological polar surface area (TPSA) is 96.6 Å². The summed E-state index contributed by atoms with van der Waals surface area (Å²) in [5, 5.41) is 9.35. The smallest absolute Gasteiger partial charge is 0.330 e. The number of nitrogens with one attached hydrogen (secondary N) is 2. The Labute approximate surface area is 80.6 Å². The van der Waals surface area contributed by atoms with E-state index in [4.69, 9.17) is 10.5 Å². The van der Waals surface area contributed by atoms with E-state index in [-0.39, 0.29) is 5.75 Å². The molecule has 0 aliphatic carbocycles. The van der Waals surface area contributed by atoms with Crippen LogP contribution in [-0.2, 0) is 0 Å². The maximum Gasteiger partial charge on any atom is 0.330 e. The molecule has 0 unspecified atom stereocenters. The molecule has 0 atom stereocenters. The minimum atomic E-state index is -0.708. The monoisotopic (exact) mass is 197 g/mol. The van der Waals surface area contributed by atoms with E-state index >= 15 is 0 Å². The molecule has 14 heavy (non-hydrogen) atoms. The van der Waals surface area contributed by atoms with Crippen molar-refractivity contribution in [1.82, 2.24) is 5.43 Å². The molecule has 0 saturated carbocycles. The first-order valence-electron chi connectivity index (χ1n) is 3.82. The lowest BCUT2D eigenvalue weighted by atomic mass is 10.3. The van der Waals surface area contributed by atoms with Crippen LogP contribution in [0.4, 0.5) is 10.5 Å². The molecular formula is C8H11N3O3. The van der Waals surface area contributed by atoms with Gasteiger partial charge in [0.05, 0.1) is 12.8 Å². The van der Waals surface area contributed by atoms with Gasteiger partial charge in [0.15, 0.2) is 11.5 Å². The van der Waals surface area contributed by atoms with Crippen LogP contribution in [0.3, 0.4) is 0 Å². The summed E-state index contributed by atoms with van der Waals surface area (Å²) >= 11 is 0. The molecule has 1 aromatic carbocycles. The SMILES string of the molecule is COc1ccc(NNC(N)=O)cc1O. The zero-order chi connectivity index (χ0) is 10.6. The molecule has 0 heterocycles. The summed E-state index contributed by atoms with van der Waals surface area (Å²) in [4.78, 5) is 10.3. The second-order valence-corrected chi connectivity index (χ2v) is 2.50. The highest BCUT2D eigenvalue weighted by Crippen LogP contribution is 2.27. The van der Waals surface area contributed by atoms with Crippen LogP contribution >= 0.6 is 0 Å². The molecule has 1 rings (SSSR count). The van der Waals surface area contributed by atoms with Gasteiger partial charge in [-0.15, -0.1) is 0 Å². The van der Waals surface area contributed by atoms with Crippen molar-refractivity contribution in [3.05, 3.63) is 18.2 Å². The van der Waals surface area contributed by atoms with Crippen LogP contribution in [0, 0.1) is 0 Å². The number of rotatable bonds is 3. The van der Waals surface area contributed by atoms with Crippen molar-refractivity contribution >= 4 is 11.7 Å². The molecule has 0 radical (unpaired) electrons. The van der Waals surface area contributed by atoms with E-state index < -0.39 is 6.03 Å². The normalized spacial score (nSPS) is 9.21. The molecular weight excluding hydrogens is 186 g/mol. The summed E-state index contributed by atoms with van der Waals surface area (Å²) in [6.07, 6.45) is 0. The lowest BCUT2D eigenvalue weighted by molar-refractivity contribution is 0.250. The van der Waals surface area contributed by atoms with Crippen molar-refractivity contribution in [2.45, 2.75) is 0 Å². The van der Waals surface area contributed by atoms with E-state index in [2.05, 4.69) is 10.9 Å². The van der Waals surface area contributed by atoms with Gasteiger partial charge < -0.3 is 15.6 Å². The maximum atomic E-state index is 10.3. The summed E-state index contributed by atoms with van der Waals surface area (Å²) in [6.45, 7) is 0. The summed E-state index contributed by atoms with van der Waals surface area (Å²) < 4.78 is 4.84. The number of aromatic hydroxyl groups is 1. The lowest BCUT2D eigenvalue weighted by Crippen LogP contribution is -2.34. The summed E-state index contributed by atoms with van der Waals surface area (Å²) in [5.74, 6) is 0.332. The first-order chi connectivity index (χ1) is 6.63. The zero-order valence-electron chi connectivity index (χ0n) is 7.57. The number of primary amides is 1. The van der Waals surface area contributed by atoms with E-state index in [0.717, 1.165) is 0 Å². The molecule has 0 aliphatic rings. The van der Waals surface area contributed by atoms with Crippen LogP contribution in [-0.4, -0.2) is 18.2 Å². The number of methoxy groups -OCH3 is 1. The highest BCUT2D eigenvalue weighted by Gasteiger charge is 2.01. The summed E-state index contributed by atoms with van der Waals surface area (Å²) in [6, 6.07) is 3.86. The maximum absolute atomic E-state index is 10.3. The van der Waals surface area contributed by atoms with E-state index in [0.29, 0.717) is 11.4 Å². The summed E-state index contributed by atoms with van der Waals surface area (Å²) in [5.41, 5.74) is 10.00. The Kier molecular flexibility index (Phi) is 3.01.